The van der Waals surface area contributed by atoms with Crippen molar-refractivity contribution < 1.29 is 26.3 Å². The molecule has 0 aromatic carbocycles. The zero-order chi connectivity index (χ0) is 12.5. The molecular formula is C8H4ClF6N. The molecule has 1 rings (SSSR count). The molecule has 1 heterocycles. The van der Waals surface area contributed by atoms with Gasteiger partial charge in [-0.3, -0.25) is 0 Å². The minimum atomic E-state index is -5.21. The van der Waals surface area contributed by atoms with E-state index in [-0.39, 0.29) is 5.69 Å². The third kappa shape index (κ3) is 2.58. The van der Waals surface area contributed by atoms with Gasteiger partial charge < -0.3 is 0 Å². The third-order valence-electron chi connectivity index (χ3n) is 1.71. The van der Waals surface area contributed by atoms with Crippen LogP contribution >= 0.6 is 11.6 Å². The predicted molar refractivity (Wildman–Crippen MR) is 43.7 cm³/mol. The van der Waals surface area contributed by atoms with E-state index in [0.29, 0.717) is 6.07 Å². The van der Waals surface area contributed by atoms with Gasteiger partial charge in [0.05, 0.1) is 11.6 Å². The van der Waals surface area contributed by atoms with E-state index in [9.17, 15) is 26.3 Å². The van der Waals surface area contributed by atoms with Crippen molar-refractivity contribution in [1.82, 2.24) is 4.98 Å². The van der Waals surface area contributed by atoms with Gasteiger partial charge in [0.2, 0.25) is 5.95 Å². The number of nitrogens with zero attached hydrogens (tertiary/aromatic N) is 1. The lowest BCUT2D eigenvalue weighted by Gasteiger charge is -2.13. The SMILES string of the molecule is Fc1nc(CCl)cc(C(F)F)c1C(F)(F)F. The number of rotatable bonds is 2. The maximum Gasteiger partial charge on any atom is 0.421 e. The molecule has 16 heavy (non-hydrogen) atoms. The molecule has 0 unspecified atom stereocenters. The first kappa shape index (κ1) is 13.1. The van der Waals surface area contributed by atoms with Crippen LogP contribution in [0, 0.1) is 5.95 Å². The number of alkyl halides is 6. The Kier molecular flexibility index (Phi) is 3.67. The Morgan fingerprint density at radius 2 is 1.88 bits per heavy atom. The lowest BCUT2D eigenvalue weighted by molar-refractivity contribution is -0.142. The van der Waals surface area contributed by atoms with Crippen LogP contribution in [0.2, 0.25) is 0 Å². The highest BCUT2D eigenvalue weighted by Gasteiger charge is 2.40. The molecule has 0 atom stereocenters. The third-order valence-corrected chi connectivity index (χ3v) is 1.99. The first-order chi connectivity index (χ1) is 7.27. The van der Waals surface area contributed by atoms with E-state index < -0.39 is 35.6 Å². The minimum absolute atomic E-state index is 0.373. The number of halogens is 7. The van der Waals surface area contributed by atoms with Crippen molar-refractivity contribution in [3.8, 4) is 0 Å². The van der Waals surface area contributed by atoms with Crippen LogP contribution in [0.5, 0.6) is 0 Å². The van der Waals surface area contributed by atoms with Gasteiger partial charge in [-0.1, -0.05) is 0 Å². The van der Waals surface area contributed by atoms with E-state index in [1.807, 2.05) is 0 Å². The molecule has 1 nitrogen and oxygen atoms in total. The topological polar surface area (TPSA) is 12.9 Å². The molecule has 0 aliphatic carbocycles. The van der Waals surface area contributed by atoms with Gasteiger partial charge in [0, 0.05) is 5.56 Å². The van der Waals surface area contributed by atoms with E-state index >= 15 is 0 Å². The summed E-state index contributed by atoms with van der Waals surface area (Å²) < 4.78 is 74.3. The molecule has 0 radical (unpaired) electrons. The zero-order valence-electron chi connectivity index (χ0n) is 7.45. The standard InChI is InChI=1S/C8H4ClF6N/c9-2-3-1-4(6(10)11)5(7(12)16-3)8(13,14)15/h1,6H,2H2. The first-order valence-corrected chi connectivity index (χ1v) is 4.41. The van der Waals surface area contributed by atoms with Crippen LogP contribution in [-0.4, -0.2) is 4.98 Å². The largest absolute Gasteiger partial charge is 0.421 e. The van der Waals surface area contributed by atoms with E-state index in [0.717, 1.165) is 0 Å². The Morgan fingerprint density at radius 3 is 2.25 bits per heavy atom. The molecule has 0 aliphatic heterocycles. The van der Waals surface area contributed by atoms with Crippen LogP contribution in [0.3, 0.4) is 0 Å². The van der Waals surface area contributed by atoms with E-state index in [1.54, 1.807) is 0 Å². The Bertz CT molecular complexity index is 389. The van der Waals surface area contributed by atoms with Gasteiger partial charge in [0.1, 0.15) is 5.56 Å². The molecule has 8 heteroatoms. The van der Waals surface area contributed by atoms with Crippen molar-refractivity contribution in [3.63, 3.8) is 0 Å². The predicted octanol–water partition coefficient (Wildman–Crippen LogP) is 3.92. The number of hydrogen-bond acceptors (Lipinski definition) is 1. The summed E-state index contributed by atoms with van der Waals surface area (Å²) in [6.07, 6.45) is -8.66. The summed E-state index contributed by atoms with van der Waals surface area (Å²) in [5.41, 5.74) is -3.87. The molecule has 0 N–H and O–H groups in total. The van der Waals surface area contributed by atoms with Crippen molar-refractivity contribution in [1.29, 1.82) is 0 Å². The summed E-state index contributed by atoms with van der Waals surface area (Å²) in [4.78, 5) is 2.85. The summed E-state index contributed by atoms with van der Waals surface area (Å²) in [6, 6.07) is 0.448. The second kappa shape index (κ2) is 4.48. The maximum absolute atomic E-state index is 12.9. The van der Waals surface area contributed by atoms with Gasteiger partial charge in [-0.15, -0.1) is 11.6 Å². The number of hydrogen-bond donors (Lipinski definition) is 0. The van der Waals surface area contributed by atoms with Crippen LogP contribution in [-0.2, 0) is 12.1 Å². The molecular weight excluding hydrogens is 260 g/mol. The van der Waals surface area contributed by atoms with Gasteiger partial charge in [-0.25, -0.2) is 13.8 Å². The second-order valence-electron chi connectivity index (χ2n) is 2.80. The number of pyridine rings is 1. The molecule has 0 aliphatic rings. The van der Waals surface area contributed by atoms with Crippen LogP contribution in [0.1, 0.15) is 23.2 Å². The highest BCUT2D eigenvalue weighted by molar-refractivity contribution is 6.16. The summed E-state index contributed by atoms with van der Waals surface area (Å²) in [5.74, 6) is -2.43. The monoisotopic (exact) mass is 263 g/mol. The molecule has 0 bridgehead atoms. The Hall–Kier alpha value is -0.980. The molecule has 0 saturated heterocycles. The molecule has 1 aromatic heterocycles. The van der Waals surface area contributed by atoms with Crippen LogP contribution in [0.25, 0.3) is 0 Å². The molecule has 1 aromatic rings. The van der Waals surface area contributed by atoms with Gasteiger partial charge >= 0.3 is 6.18 Å². The Balaban J connectivity index is 3.46. The van der Waals surface area contributed by atoms with Gasteiger partial charge in [-0.2, -0.15) is 17.6 Å². The molecule has 0 fully saturated rings. The van der Waals surface area contributed by atoms with Crippen LogP contribution < -0.4 is 0 Å². The average Bonchev–Trinajstić information content (AvgIpc) is 2.14. The quantitative estimate of drug-likeness (QED) is 0.448. The Labute approximate surface area is 91.0 Å². The fraction of sp³-hybridized carbons (Fsp3) is 0.375. The summed E-state index contributed by atoms with van der Waals surface area (Å²) in [6.45, 7) is 0. The summed E-state index contributed by atoms with van der Waals surface area (Å²) in [7, 11) is 0. The zero-order valence-corrected chi connectivity index (χ0v) is 8.21. The fourth-order valence-electron chi connectivity index (χ4n) is 1.11. The molecule has 0 spiro atoms. The van der Waals surface area contributed by atoms with Crippen molar-refractivity contribution in [2.45, 2.75) is 18.5 Å². The average molecular weight is 264 g/mol. The highest BCUT2D eigenvalue weighted by atomic mass is 35.5. The lowest BCUT2D eigenvalue weighted by Crippen LogP contribution is -2.15. The summed E-state index contributed by atoms with van der Waals surface area (Å²) in [5, 5.41) is 0. The van der Waals surface area contributed by atoms with Crippen molar-refractivity contribution >= 4 is 11.6 Å². The highest BCUT2D eigenvalue weighted by Crippen LogP contribution is 2.37. The van der Waals surface area contributed by atoms with Crippen LogP contribution in [0.15, 0.2) is 6.07 Å². The van der Waals surface area contributed by atoms with Crippen molar-refractivity contribution in [2.24, 2.45) is 0 Å². The smallest absolute Gasteiger partial charge is 0.223 e. The lowest BCUT2D eigenvalue weighted by atomic mass is 10.1. The maximum atomic E-state index is 12.9. The van der Waals surface area contributed by atoms with E-state index in [4.69, 9.17) is 11.6 Å². The van der Waals surface area contributed by atoms with Crippen molar-refractivity contribution in [3.05, 3.63) is 28.8 Å². The number of aromatic nitrogens is 1. The molecule has 90 valence electrons. The van der Waals surface area contributed by atoms with E-state index in [1.165, 1.54) is 0 Å². The Morgan fingerprint density at radius 1 is 1.31 bits per heavy atom. The first-order valence-electron chi connectivity index (χ1n) is 3.88. The van der Waals surface area contributed by atoms with Gasteiger partial charge in [-0.05, 0) is 6.07 Å². The van der Waals surface area contributed by atoms with Gasteiger partial charge in [0.15, 0.2) is 0 Å². The molecule has 0 amide bonds. The molecule has 0 saturated carbocycles. The minimum Gasteiger partial charge on any atom is -0.223 e. The van der Waals surface area contributed by atoms with Gasteiger partial charge in [0.25, 0.3) is 6.43 Å². The van der Waals surface area contributed by atoms with E-state index in [2.05, 4.69) is 4.98 Å². The normalized spacial score (nSPS) is 12.2. The fourth-order valence-corrected chi connectivity index (χ4v) is 1.24. The summed E-state index contributed by atoms with van der Waals surface area (Å²) >= 11 is 5.19. The second-order valence-corrected chi connectivity index (χ2v) is 3.07. The van der Waals surface area contributed by atoms with Crippen molar-refractivity contribution in [2.75, 3.05) is 0 Å². The van der Waals surface area contributed by atoms with Crippen LogP contribution in [0.4, 0.5) is 26.3 Å².